The highest BCUT2D eigenvalue weighted by molar-refractivity contribution is 7.26. The van der Waals surface area contributed by atoms with Crippen LogP contribution in [0.1, 0.15) is 131 Å². The second kappa shape index (κ2) is 15.9. The van der Waals surface area contributed by atoms with Gasteiger partial charge in [0.25, 0.3) is 0 Å². The molecule has 3 aliphatic rings. The Kier molecular flexibility index (Phi) is 10.2. The van der Waals surface area contributed by atoms with Gasteiger partial charge in [0.1, 0.15) is 0 Å². The number of benzene rings is 8. The third-order valence-corrected chi connectivity index (χ3v) is 18.3. The first-order chi connectivity index (χ1) is 33.1. The summed E-state index contributed by atoms with van der Waals surface area (Å²) in [4.78, 5) is 0. The maximum atomic E-state index is 4.10. The van der Waals surface area contributed by atoms with Crippen LogP contribution in [0.15, 0.2) is 158 Å². The lowest BCUT2D eigenvalue weighted by atomic mass is 9.51. The monoisotopic (exact) mass is 913 g/mol. The number of thiophene rings is 1. The van der Waals surface area contributed by atoms with Gasteiger partial charge in [0.15, 0.2) is 7.28 Å². The fraction of sp³-hybridized carbons (Fsp3) is 0.273. The Hall–Kier alpha value is -6.16. The highest BCUT2D eigenvalue weighted by Gasteiger charge is 2.42. The van der Waals surface area contributed by atoms with E-state index in [0.717, 1.165) is 25.8 Å². The summed E-state index contributed by atoms with van der Waals surface area (Å²) in [7, 11) is 0.866. The topological polar surface area (TPSA) is 12.0 Å². The Labute approximate surface area is 415 Å². The maximum Gasteiger partial charge on any atom is 0.193 e. The van der Waals surface area contributed by atoms with Crippen molar-refractivity contribution in [3.05, 3.63) is 202 Å². The molecule has 1 atom stereocenters. The molecule has 1 aliphatic heterocycles. The van der Waals surface area contributed by atoms with E-state index in [9.17, 15) is 0 Å². The zero-order valence-electron chi connectivity index (χ0n) is 42.0. The van der Waals surface area contributed by atoms with Crippen LogP contribution in [0.4, 0.5) is 11.4 Å². The summed E-state index contributed by atoms with van der Waals surface area (Å²) in [6, 6.07) is 60.5. The fourth-order valence-electron chi connectivity index (χ4n) is 12.7. The van der Waals surface area contributed by atoms with Crippen molar-refractivity contribution in [2.24, 2.45) is 0 Å². The van der Waals surface area contributed by atoms with E-state index in [1.165, 1.54) is 128 Å². The van der Waals surface area contributed by atoms with E-state index in [4.69, 9.17) is 0 Å². The second-order valence-electron chi connectivity index (χ2n) is 23.5. The van der Waals surface area contributed by atoms with Crippen molar-refractivity contribution in [3.8, 4) is 33.4 Å². The summed E-state index contributed by atoms with van der Waals surface area (Å²) in [5, 5.41) is 6.90. The minimum Gasteiger partial charge on any atom is -0.355 e. The molecule has 9 aromatic rings. The van der Waals surface area contributed by atoms with Crippen LogP contribution in [0.3, 0.4) is 0 Å². The van der Waals surface area contributed by atoms with Gasteiger partial charge in [-0.1, -0.05) is 188 Å². The van der Waals surface area contributed by atoms with Crippen molar-refractivity contribution in [3.63, 3.8) is 0 Å². The first kappa shape index (κ1) is 44.1. The van der Waals surface area contributed by atoms with Gasteiger partial charge in [0, 0.05) is 43.0 Å². The number of fused-ring (bicyclic) bond motifs is 8. The Balaban J connectivity index is 1.16. The van der Waals surface area contributed by atoms with Crippen LogP contribution in [0.25, 0.3) is 53.6 Å². The van der Waals surface area contributed by atoms with E-state index >= 15 is 0 Å². The largest absolute Gasteiger partial charge is 0.355 e. The SMILES string of the molecule is Cc1cc2c(cc1C1c3cc(-c4ccccc4)ccc3Bc3c(-c4cc5c(cc4Nc4ccc(-c6ccccc6)cc4)C(C)(C)CCC5(C)C)cc4sc5ccccc5c4c31)C(C)(C)CCC2(C)C. The highest BCUT2D eigenvalue weighted by atomic mass is 32.1. The summed E-state index contributed by atoms with van der Waals surface area (Å²) in [5.41, 5.74) is 24.9. The summed E-state index contributed by atoms with van der Waals surface area (Å²) >= 11 is 1.97. The second-order valence-corrected chi connectivity index (χ2v) is 24.6. The Bertz CT molecular complexity index is 3500. The quantitative estimate of drug-likeness (QED) is 0.164. The Morgan fingerprint density at radius 1 is 0.478 bits per heavy atom. The van der Waals surface area contributed by atoms with Crippen molar-refractivity contribution >= 4 is 61.1 Å². The molecule has 69 heavy (non-hydrogen) atoms. The smallest absolute Gasteiger partial charge is 0.193 e. The van der Waals surface area contributed by atoms with Crippen molar-refractivity contribution < 1.29 is 0 Å². The molecule has 1 aromatic heterocycles. The van der Waals surface area contributed by atoms with E-state index in [0.29, 0.717) is 0 Å². The average molecular weight is 914 g/mol. The molecule has 1 N–H and O–H groups in total. The van der Waals surface area contributed by atoms with E-state index < -0.39 is 0 Å². The summed E-state index contributed by atoms with van der Waals surface area (Å²) in [6.45, 7) is 22.2. The molecule has 12 rings (SSSR count). The lowest BCUT2D eigenvalue weighted by Crippen LogP contribution is -2.42. The minimum atomic E-state index is 0.0361. The number of anilines is 2. The molecule has 1 unspecified atom stereocenters. The molecular weight excluding hydrogens is 850 g/mol. The Morgan fingerprint density at radius 2 is 1.01 bits per heavy atom. The molecule has 3 heteroatoms. The van der Waals surface area contributed by atoms with Gasteiger partial charge in [0.2, 0.25) is 0 Å². The van der Waals surface area contributed by atoms with Gasteiger partial charge in [-0.15, -0.1) is 11.3 Å². The van der Waals surface area contributed by atoms with Gasteiger partial charge in [-0.3, -0.25) is 0 Å². The molecule has 0 saturated heterocycles. The van der Waals surface area contributed by atoms with Crippen molar-refractivity contribution in [2.45, 2.75) is 116 Å². The third-order valence-electron chi connectivity index (χ3n) is 17.1. The first-order valence-corrected chi connectivity index (χ1v) is 26.3. The van der Waals surface area contributed by atoms with Crippen LogP contribution in [-0.4, -0.2) is 7.28 Å². The van der Waals surface area contributed by atoms with Gasteiger partial charge in [-0.2, -0.15) is 0 Å². The summed E-state index contributed by atoms with van der Waals surface area (Å²) < 4.78 is 2.72. The van der Waals surface area contributed by atoms with Gasteiger partial charge in [-0.05, 0) is 163 Å². The first-order valence-electron chi connectivity index (χ1n) is 25.5. The van der Waals surface area contributed by atoms with Crippen LogP contribution >= 0.6 is 11.3 Å². The standard InChI is InChI=1S/C66H64BNS/c1-40-34-51-52(64(4,5)31-30-63(51,2)3)36-47(40)59-50-35-44(42-20-14-11-15-21-42)26-29-55(50)67-62-49(38-58-60(61(59)62)46-22-16-17-23-57(46)69-58)48-37-53-54(66(8,9)33-32-65(53,6)7)39-56(48)68-45-27-24-43(25-28-45)41-18-12-10-13-19-41/h10-29,34-39,59,67-68H,30-33H2,1-9H3. The molecule has 8 aromatic carbocycles. The zero-order chi connectivity index (χ0) is 47.6. The molecule has 342 valence electrons. The van der Waals surface area contributed by atoms with E-state index in [1.807, 2.05) is 11.3 Å². The summed E-state index contributed by atoms with van der Waals surface area (Å²) in [6.07, 6.45) is 4.72. The van der Waals surface area contributed by atoms with Crippen molar-refractivity contribution in [2.75, 3.05) is 5.32 Å². The lowest BCUT2D eigenvalue weighted by Gasteiger charge is -2.43. The van der Waals surface area contributed by atoms with Gasteiger partial charge >= 0.3 is 0 Å². The summed E-state index contributed by atoms with van der Waals surface area (Å²) in [5.74, 6) is 0.0361. The number of rotatable bonds is 6. The van der Waals surface area contributed by atoms with Crippen molar-refractivity contribution in [1.82, 2.24) is 0 Å². The third kappa shape index (κ3) is 7.33. The van der Waals surface area contributed by atoms with Crippen LogP contribution in [0, 0.1) is 6.92 Å². The zero-order valence-corrected chi connectivity index (χ0v) is 42.8. The average Bonchev–Trinajstić information content (AvgIpc) is 3.73. The number of aryl methyl sites for hydroxylation is 1. The van der Waals surface area contributed by atoms with E-state index in [2.05, 4.69) is 225 Å². The van der Waals surface area contributed by atoms with E-state index in [-0.39, 0.29) is 27.6 Å². The molecular formula is C66H64BNS. The van der Waals surface area contributed by atoms with Crippen LogP contribution in [0.2, 0.25) is 0 Å². The minimum absolute atomic E-state index is 0.0361. The number of nitrogens with one attached hydrogen (secondary N) is 1. The Morgan fingerprint density at radius 3 is 1.67 bits per heavy atom. The number of hydrogen-bond acceptors (Lipinski definition) is 2. The molecule has 0 saturated carbocycles. The molecule has 1 nitrogen and oxygen atoms in total. The van der Waals surface area contributed by atoms with Gasteiger partial charge < -0.3 is 5.32 Å². The van der Waals surface area contributed by atoms with Crippen LogP contribution in [0.5, 0.6) is 0 Å². The van der Waals surface area contributed by atoms with E-state index in [1.54, 1.807) is 0 Å². The maximum absolute atomic E-state index is 4.10. The molecule has 0 amide bonds. The van der Waals surface area contributed by atoms with Gasteiger partial charge in [0.05, 0.1) is 0 Å². The molecule has 2 heterocycles. The number of hydrogen-bond donors (Lipinski definition) is 1. The van der Waals surface area contributed by atoms with Crippen LogP contribution in [-0.2, 0) is 21.7 Å². The highest BCUT2D eigenvalue weighted by Crippen LogP contribution is 2.53. The van der Waals surface area contributed by atoms with Gasteiger partial charge in [-0.25, -0.2) is 0 Å². The molecule has 0 fully saturated rings. The molecule has 0 bridgehead atoms. The normalized spacial score (nSPS) is 18.1. The fourth-order valence-corrected chi connectivity index (χ4v) is 13.9. The molecule has 0 spiro atoms. The molecule has 0 radical (unpaired) electrons. The predicted octanol–water partition coefficient (Wildman–Crippen LogP) is 16.7. The van der Waals surface area contributed by atoms with Crippen LogP contribution < -0.4 is 16.2 Å². The molecule has 2 aliphatic carbocycles. The lowest BCUT2D eigenvalue weighted by molar-refractivity contribution is 0.331. The van der Waals surface area contributed by atoms with Crippen molar-refractivity contribution in [1.29, 1.82) is 0 Å². The predicted molar refractivity (Wildman–Crippen MR) is 301 cm³/mol.